The highest BCUT2D eigenvalue weighted by Gasteiger charge is 2.18. The largest absolute Gasteiger partial charge is 0.474 e. The molecule has 0 radical (unpaired) electrons. The highest BCUT2D eigenvalue weighted by Crippen LogP contribution is 2.21. The molecule has 0 spiro atoms. The number of piperidine rings is 1. The maximum Gasteiger partial charge on any atom is 0.234 e. The van der Waals surface area contributed by atoms with E-state index in [2.05, 4.69) is 14.9 Å². The lowest BCUT2D eigenvalue weighted by Gasteiger charge is -2.30. The lowest BCUT2D eigenvalue weighted by Crippen LogP contribution is -2.34. The zero-order chi connectivity index (χ0) is 12.3. The number of ether oxygens (including phenoxy) is 1. The van der Waals surface area contributed by atoms with Crippen molar-refractivity contribution in [2.45, 2.75) is 38.2 Å². The highest BCUT2D eigenvalue weighted by molar-refractivity contribution is 6.20. The Morgan fingerprint density at radius 3 is 2.71 bits per heavy atom. The number of hydrogen-bond donors (Lipinski definition) is 0. The lowest BCUT2D eigenvalue weighted by molar-refractivity contribution is 0.231. The van der Waals surface area contributed by atoms with Crippen molar-refractivity contribution in [2.75, 3.05) is 18.0 Å². The molecule has 0 unspecified atom stereocenters. The third kappa shape index (κ3) is 3.46. The van der Waals surface area contributed by atoms with Crippen LogP contribution in [0.25, 0.3) is 0 Å². The fraction of sp³-hybridized carbons (Fsp3) is 0.667. The van der Waals surface area contributed by atoms with Crippen molar-refractivity contribution in [3.8, 4) is 5.88 Å². The first-order valence-electron chi connectivity index (χ1n) is 6.03. The molecule has 4 nitrogen and oxygen atoms in total. The predicted molar refractivity (Wildman–Crippen MR) is 68.9 cm³/mol. The normalized spacial score (nSPS) is 17.5. The molecule has 1 fully saturated rings. The zero-order valence-electron chi connectivity index (χ0n) is 10.3. The molecule has 17 heavy (non-hydrogen) atoms. The number of anilines is 1. The van der Waals surface area contributed by atoms with Crippen LogP contribution in [0.15, 0.2) is 12.4 Å². The number of hydrogen-bond acceptors (Lipinski definition) is 4. The molecule has 1 aliphatic heterocycles. The molecule has 1 aliphatic rings. The van der Waals surface area contributed by atoms with Crippen LogP contribution in [0.4, 0.5) is 5.82 Å². The van der Waals surface area contributed by atoms with Crippen LogP contribution < -0.4 is 9.64 Å². The Morgan fingerprint density at radius 2 is 2.06 bits per heavy atom. The van der Waals surface area contributed by atoms with Crippen LogP contribution >= 0.6 is 11.6 Å². The van der Waals surface area contributed by atoms with Crippen molar-refractivity contribution in [1.82, 2.24) is 9.97 Å². The quantitative estimate of drug-likeness (QED) is 0.778. The van der Waals surface area contributed by atoms with Gasteiger partial charge >= 0.3 is 0 Å². The fourth-order valence-electron chi connectivity index (χ4n) is 1.87. The SMILES string of the molecule is CC(C)Oc1cncc(N2CCC(Cl)CC2)n1. The van der Waals surface area contributed by atoms with Gasteiger partial charge in [0.1, 0.15) is 0 Å². The van der Waals surface area contributed by atoms with E-state index in [0.717, 1.165) is 31.7 Å². The van der Waals surface area contributed by atoms with Crippen LogP contribution in [0.3, 0.4) is 0 Å². The Balaban J connectivity index is 2.05. The van der Waals surface area contributed by atoms with E-state index in [0.29, 0.717) is 11.3 Å². The van der Waals surface area contributed by atoms with Crippen molar-refractivity contribution >= 4 is 17.4 Å². The predicted octanol–water partition coefficient (Wildman–Crippen LogP) is 2.47. The Kier molecular flexibility index (Phi) is 4.05. The van der Waals surface area contributed by atoms with E-state index < -0.39 is 0 Å². The summed E-state index contributed by atoms with van der Waals surface area (Å²) < 4.78 is 5.54. The smallest absolute Gasteiger partial charge is 0.234 e. The Bertz CT molecular complexity index is 365. The van der Waals surface area contributed by atoms with E-state index in [4.69, 9.17) is 16.3 Å². The Morgan fingerprint density at radius 1 is 1.35 bits per heavy atom. The first-order chi connectivity index (χ1) is 8.15. The molecule has 0 aliphatic carbocycles. The van der Waals surface area contributed by atoms with Crippen LogP contribution in [-0.4, -0.2) is 34.5 Å². The van der Waals surface area contributed by atoms with Crippen LogP contribution in [0, 0.1) is 0 Å². The van der Waals surface area contributed by atoms with Gasteiger partial charge in [0.25, 0.3) is 0 Å². The van der Waals surface area contributed by atoms with Gasteiger partial charge in [0.15, 0.2) is 5.82 Å². The van der Waals surface area contributed by atoms with Crippen LogP contribution in [-0.2, 0) is 0 Å². The maximum atomic E-state index is 6.08. The summed E-state index contributed by atoms with van der Waals surface area (Å²) >= 11 is 6.08. The molecule has 0 N–H and O–H groups in total. The number of rotatable bonds is 3. The molecule has 2 rings (SSSR count). The molecule has 1 aromatic rings. The van der Waals surface area contributed by atoms with E-state index in [1.165, 1.54) is 0 Å². The third-order valence-corrected chi connectivity index (χ3v) is 3.14. The molecule has 94 valence electrons. The second-order valence-electron chi connectivity index (χ2n) is 4.54. The van der Waals surface area contributed by atoms with Crippen LogP contribution in [0.5, 0.6) is 5.88 Å². The van der Waals surface area contributed by atoms with E-state index in [-0.39, 0.29) is 6.10 Å². The monoisotopic (exact) mass is 255 g/mol. The zero-order valence-corrected chi connectivity index (χ0v) is 11.0. The van der Waals surface area contributed by atoms with Crippen molar-refractivity contribution < 1.29 is 4.74 Å². The van der Waals surface area contributed by atoms with E-state index in [1.54, 1.807) is 12.4 Å². The Hall–Kier alpha value is -1.03. The highest BCUT2D eigenvalue weighted by atomic mass is 35.5. The maximum absolute atomic E-state index is 6.08. The molecule has 0 saturated carbocycles. The summed E-state index contributed by atoms with van der Waals surface area (Å²) in [6, 6.07) is 0. The van der Waals surface area contributed by atoms with E-state index >= 15 is 0 Å². The molecule has 0 atom stereocenters. The molecule has 2 heterocycles. The number of halogens is 1. The first kappa shape index (κ1) is 12.4. The van der Waals surface area contributed by atoms with Crippen molar-refractivity contribution in [3.63, 3.8) is 0 Å². The molecular weight excluding hydrogens is 238 g/mol. The number of nitrogens with zero attached hydrogens (tertiary/aromatic N) is 3. The van der Waals surface area contributed by atoms with Gasteiger partial charge in [0, 0.05) is 18.5 Å². The van der Waals surface area contributed by atoms with Gasteiger partial charge in [-0.2, -0.15) is 4.98 Å². The summed E-state index contributed by atoms with van der Waals surface area (Å²) in [6.07, 6.45) is 5.55. The molecule has 1 aromatic heterocycles. The molecular formula is C12H18ClN3O. The molecule has 0 aromatic carbocycles. The second-order valence-corrected chi connectivity index (χ2v) is 5.16. The number of aromatic nitrogens is 2. The van der Waals surface area contributed by atoms with Gasteiger partial charge in [-0.05, 0) is 26.7 Å². The van der Waals surface area contributed by atoms with Gasteiger partial charge in [0.2, 0.25) is 5.88 Å². The van der Waals surface area contributed by atoms with Gasteiger partial charge in [0.05, 0.1) is 18.5 Å². The minimum atomic E-state index is 0.119. The summed E-state index contributed by atoms with van der Waals surface area (Å²) in [4.78, 5) is 10.8. The average molecular weight is 256 g/mol. The third-order valence-electron chi connectivity index (χ3n) is 2.70. The summed E-state index contributed by atoms with van der Waals surface area (Å²) in [5.41, 5.74) is 0. The van der Waals surface area contributed by atoms with Gasteiger partial charge in [-0.1, -0.05) is 0 Å². The standard InChI is InChI=1S/C12H18ClN3O/c1-9(2)17-12-8-14-7-11(15-12)16-5-3-10(13)4-6-16/h7-10H,3-6H2,1-2H3. The summed E-state index contributed by atoms with van der Waals surface area (Å²) in [5, 5.41) is 0.300. The minimum Gasteiger partial charge on any atom is -0.474 e. The van der Waals surface area contributed by atoms with Gasteiger partial charge in [-0.15, -0.1) is 11.6 Å². The van der Waals surface area contributed by atoms with Gasteiger partial charge in [-0.3, -0.25) is 4.98 Å². The minimum absolute atomic E-state index is 0.119. The fourth-order valence-corrected chi connectivity index (χ4v) is 2.06. The van der Waals surface area contributed by atoms with Crippen molar-refractivity contribution in [3.05, 3.63) is 12.4 Å². The summed E-state index contributed by atoms with van der Waals surface area (Å²) in [7, 11) is 0. The molecule has 0 amide bonds. The van der Waals surface area contributed by atoms with E-state index in [1.807, 2.05) is 13.8 Å². The first-order valence-corrected chi connectivity index (χ1v) is 6.46. The number of alkyl halides is 1. The van der Waals surface area contributed by atoms with E-state index in [9.17, 15) is 0 Å². The van der Waals surface area contributed by atoms with Crippen LogP contribution in [0.2, 0.25) is 0 Å². The van der Waals surface area contributed by atoms with Gasteiger partial charge < -0.3 is 9.64 Å². The topological polar surface area (TPSA) is 38.2 Å². The van der Waals surface area contributed by atoms with Crippen molar-refractivity contribution in [2.24, 2.45) is 0 Å². The average Bonchev–Trinajstić information content (AvgIpc) is 2.29. The van der Waals surface area contributed by atoms with Gasteiger partial charge in [-0.25, -0.2) is 0 Å². The lowest BCUT2D eigenvalue weighted by atomic mass is 10.1. The van der Waals surface area contributed by atoms with Crippen LogP contribution in [0.1, 0.15) is 26.7 Å². The summed E-state index contributed by atoms with van der Waals surface area (Å²) in [5.74, 6) is 1.47. The molecule has 5 heteroatoms. The summed E-state index contributed by atoms with van der Waals surface area (Å²) in [6.45, 7) is 5.84. The van der Waals surface area contributed by atoms with Crippen molar-refractivity contribution in [1.29, 1.82) is 0 Å². The molecule has 0 bridgehead atoms. The Labute approximate surface area is 107 Å². The second kappa shape index (κ2) is 5.54. The molecule has 1 saturated heterocycles.